The highest BCUT2D eigenvalue weighted by molar-refractivity contribution is 5.53. The van der Waals surface area contributed by atoms with Crippen molar-refractivity contribution < 1.29 is 0 Å². The van der Waals surface area contributed by atoms with Gasteiger partial charge in [0.2, 0.25) is 0 Å². The Kier molecular flexibility index (Phi) is 2.40. The lowest BCUT2D eigenvalue weighted by Gasteiger charge is -2.40. The fourth-order valence-corrected chi connectivity index (χ4v) is 2.05. The highest BCUT2D eigenvalue weighted by Crippen LogP contribution is 2.34. The van der Waals surface area contributed by atoms with Crippen LogP contribution in [0.2, 0.25) is 0 Å². The monoisotopic (exact) mass is 200 g/mol. The van der Waals surface area contributed by atoms with E-state index < -0.39 is 0 Å². The van der Waals surface area contributed by atoms with Gasteiger partial charge >= 0.3 is 0 Å². The third-order valence-corrected chi connectivity index (χ3v) is 3.25. The Bertz CT molecular complexity index is 411. The van der Waals surface area contributed by atoms with Gasteiger partial charge in [0.1, 0.15) is 0 Å². The lowest BCUT2D eigenvalue weighted by atomic mass is 9.78. The van der Waals surface area contributed by atoms with Crippen molar-refractivity contribution in [3.05, 3.63) is 29.3 Å². The van der Waals surface area contributed by atoms with E-state index in [0.29, 0.717) is 0 Å². The molecule has 0 unspecified atom stereocenters. The molecule has 0 saturated heterocycles. The topological polar surface area (TPSA) is 35.8 Å². The molecule has 1 aromatic rings. The van der Waals surface area contributed by atoms with E-state index in [1.807, 2.05) is 19.1 Å². The van der Waals surface area contributed by atoms with Gasteiger partial charge in [0.05, 0.1) is 11.6 Å². The minimum Gasteiger partial charge on any atom is -0.380 e. The van der Waals surface area contributed by atoms with Crippen molar-refractivity contribution >= 4 is 5.69 Å². The molecular formula is C13H16N2. The Hall–Kier alpha value is -1.49. The summed E-state index contributed by atoms with van der Waals surface area (Å²) in [5.41, 5.74) is 3.22. The number of aryl methyl sites for hydroxylation is 1. The second-order valence-electron chi connectivity index (χ2n) is 4.68. The molecule has 0 atom stereocenters. The maximum atomic E-state index is 8.83. The number of nitrogens with zero attached hydrogens (tertiary/aromatic N) is 1. The molecule has 1 aliphatic rings. The maximum Gasteiger partial charge on any atom is 0.0994 e. The van der Waals surface area contributed by atoms with E-state index in [-0.39, 0.29) is 5.54 Å². The molecule has 0 amide bonds. The molecule has 2 rings (SSSR count). The highest BCUT2D eigenvalue weighted by Gasteiger charge is 2.31. The first-order valence-electron chi connectivity index (χ1n) is 5.42. The summed E-state index contributed by atoms with van der Waals surface area (Å²) >= 11 is 0. The predicted octanol–water partition coefficient (Wildman–Crippen LogP) is 3.22. The van der Waals surface area contributed by atoms with Gasteiger partial charge < -0.3 is 5.32 Å². The van der Waals surface area contributed by atoms with Crippen LogP contribution >= 0.6 is 0 Å². The summed E-state index contributed by atoms with van der Waals surface area (Å²) in [5.74, 6) is 0. The molecule has 1 aromatic carbocycles. The zero-order chi connectivity index (χ0) is 10.9. The standard InChI is InChI=1S/C13H16N2/c1-10-8-12(5-4-11(10)9-14)15-13(2)6-3-7-13/h4-5,8,15H,3,6-7H2,1-2H3. The van der Waals surface area contributed by atoms with E-state index in [0.717, 1.165) is 16.8 Å². The largest absolute Gasteiger partial charge is 0.380 e. The van der Waals surface area contributed by atoms with Crippen molar-refractivity contribution in [1.82, 2.24) is 0 Å². The van der Waals surface area contributed by atoms with Gasteiger partial charge in [-0.3, -0.25) is 0 Å². The zero-order valence-electron chi connectivity index (χ0n) is 9.30. The van der Waals surface area contributed by atoms with Crippen LogP contribution in [0.4, 0.5) is 5.69 Å². The van der Waals surface area contributed by atoms with Crippen LogP contribution in [0.3, 0.4) is 0 Å². The first-order chi connectivity index (χ1) is 7.13. The second kappa shape index (κ2) is 3.58. The zero-order valence-corrected chi connectivity index (χ0v) is 9.30. The molecule has 78 valence electrons. The number of anilines is 1. The van der Waals surface area contributed by atoms with Crippen molar-refractivity contribution in [1.29, 1.82) is 5.26 Å². The first-order valence-corrected chi connectivity index (χ1v) is 5.42. The third kappa shape index (κ3) is 1.97. The van der Waals surface area contributed by atoms with Crippen molar-refractivity contribution in [3.63, 3.8) is 0 Å². The fourth-order valence-electron chi connectivity index (χ4n) is 2.05. The van der Waals surface area contributed by atoms with Gasteiger partial charge in [-0.25, -0.2) is 0 Å². The second-order valence-corrected chi connectivity index (χ2v) is 4.68. The summed E-state index contributed by atoms with van der Waals surface area (Å²) in [6.07, 6.45) is 3.80. The van der Waals surface area contributed by atoms with E-state index in [4.69, 9.17) is 5.26 Å². The van der Waals surface area contributed by atoms with E-state index in [1.54, 1.807) is 0 Å². The Morgan fingerprint density at radius 1 is 1.40 bits per heavy atom. The molecule has 2 nitrogen and oxygen atoms in total. The lowest BCUT2D eigenvalue weighted by molar-refractivity contribution is 0.306. The van der Waals surface area contributed by atoms with Crippen molar-refractivity contribution in [3.8, 4) is 6.07 Å². The van der Waals surface area contributed by atoms with Gasteiger partial charge in [-0.05, 0) is 56.9 Å². The molecule has 0 radical (unpaired) electrons. The average molecular weight is 200 g/mol. The highest BCUT2D eigenvalue weighted by atomic mass is 15.0. The molecule has 1 aliphatic carbocycles. The molecule has 0 spiro atoms. The number of rotatable bonds is 2. The van der Waals surface area contributed by atoms with Crippen molar-refractivity contribution in [2.24, 2.45) is 0 Å². The number of hydrogen-bond acceptors (Lipinski definition) is 2. The summed E-state index contributed by atoms with van der Waals surface area (Å²) in [7, 11) is 0. The number of nitriles is 1. The fraction of sp³-hybridized carbons (Fsp3) is 0.462. The summed E-state index contributed by atoms with van der Waals surface area (Å²) in [5, 5.41) is 12.4. The van der Waals surface area contributed by atoms with Crippen molar-refractivity contribution in [2.45, 2.75) is 38.6 Å². The van der Waals surface area contributed by atoms with E-state index in [2.05, 4.69) is 24.4 Å². The molecule has 15 heavy (non-hydrogen) atoms. The van der Waals surface area contributed by atoms with Crippen LogP contribution < -0.4 is 5.32 Å². The van der Waals surface area contributed by atoms with Gasteiger partial charge in [-0.2, -0.15) is 5.26 Å². The molecule has 2 heteroatoms. The molecule has 0 aromatic heterocycles. The third-order valence-electron chi connectivity index (χ3n) is 3.25. The molecule has 1 fully saturated rings. The molecule has 1 N–H and O–H groups in total. The molecule has 0 aliphatic heterocycles. The van der Waals surface area contributed by atoms with Gasteiger partial charge in [0.15, 0.2) is 0 Å². The summed E-state index contributed by atoms with van der Waals surface area (Å²) in [6, 6.07) is 8.13. The minimum atomic E-state index is 0.278. The molecule has 0 heterocycles. The number of nitrogens with one attached hydrogen (secondary N) is 1. The van der Waals surface area contributed by atoms with Crippen LogP contribution in [0.1, 0.15) is 37.3 Å². The SMILES string of the molecule is Cc1cc(NC2(C)CCC2)ccc1C#N. The van der Waals surface area contributed by atoms with E-state index in [1.165, 1.54) is 19.3 Å². The van der Waals surface area contributed by atoms with Crippen LogP contribution in [0.15, 0.2) is 18.2 Å². The number of benzene rings is 1. The Morgan fingerprint density at radius 2 is 2.13 bits per heavy atom. The van der Waals surface area contributed by atoms with Gasteiger partial charge in [-0.1, -0.05) is 0 Å². The predicted molar refractivity (Wildman–Crippen MR) is 61.8 cm³/mol. The molecular weight excluding hydrogens is 184 g/mol. The van der Waals surface area contributed by atoms with Crippen LogP contribution in [0.5, 0.6) is 0 Å². The summed E-state index contributed by atoms with van der Waals surface area (Å²) < 4.78 is 0. The van der Waals surface area contributed by atoms with E-state index >= 15 is 0 Å². The van der Waals surface area contributed by atoms with Crippen LogP contribution in [0, 0.1) is 18.3 Å². The van der Waals surface area contributed by atoms with Gasteiger partial charge in [0, 0.05) is 11.2 Å². The minimum absolute atomic E-state index is 0.278. The Morgan fingerprint density at radius 3 is 2.60 bits per heavy atom. The first kappa shape index (κ1) is 10.0. The van der Waals surface area contributed by atoms with Crippen LogP contribution in [-0.4, -0.2) is 5.54 Å². The van der Waals surface area contributed by atoms with Crippen molar-refractivity contribution in [2.75, 3.05) is 5.32 Å². The molecule has 1 saturated carbocycles. The lowest BCUT2D eigenvalue weighted by Crippen LogP contribution is -2.41. The summed E-state index contributed by atoms with van der Waals surface area (Å²) in [6.45, 7) is 4.23. The van der Waals surface area contributed by atoms with Gasteiger partial charge in [-0.15, -0.1) is 0 Å². The Labute approximate surface area is 90.9 Å². The van der Waals surface area contributed by atoms with Crippen LogP contribution in [-0.2, 0) is 0 Å². The summed E-state index contributed by atoms with van der Waals surface area (Å²) in [4.78, 5) is 0. The molecule has 0 bridgehead atoms. The van der Waals surface area contributed by atoms with Gasteiger partial charge in [0.25, 0.3) is 0 Å². The normalized spacial score (nSPS) is 17.7. The smallest absolute Gasteiger partial charge is 0.0994 e. The maximum absolute atomic E-state index is 8.83. The van der Waals surface area contributed by atoms with Crippen LogP contribution in [0.25, 0.3) is 0 Å². The van der Waals surface area contributed by atoms with E-state index in [9.17, 15) is 0 Å². The average Bonchev–Trinajstić information content (AvgIpc) is 2.16. The number of hydrogen-bond donors (Lipinski definition) is 1. The Balaban J connectivity index is 2.17. The quantitative estimate of drug-likeness (QED) is 0.795.